The van der Waals surface area contributed by atoms with E-state index in [4.69, 9.17) is 17.3 Å². The molecule has 0 aliphatic heterocycles. The van der Waals surface area contributed by atoms with Crippen molar-refractivity contribution in [2.24, 2.45) is 0 Å². The van der Waals surface area contributed by atoms with Gasteiger partial charge < -0.3 is 10.7 Å². The molecule has 3 rings (SSSR count). The van der Waals surface area contributed by atoms with E-state index in [0.29, 0.717) is 10.7 Å². The molecule has 0 saturated carbocycles. The summed E-state index contributed by atoms with van der Waals surface area (Å²) < 4.78 is 0.905. The summed E-state index contributed by atoms with van der Waals surface area (Å²) in [6.07, 6.45) is 0. The van der Waals surface area contributed by atoms with Crippen LogP contribution in [0, 0.1) is 0 Å². The Labute approximate surface area is 117 Å². The number of nitrogens with two attached hydrogens (primary N) is 1. The van der Waals surface area contributed by atoms with Crippen molar-refractivity contribution in [3.63, 3.8) is 0 Å². The highest BCUT2D eigenvalue weighted by atomic mass is 79.9. The molecule has 0 unspecified atom stereocenters. The molecule has 0 bridgehead atoms. The third-order valence-electron chi connectivity index (χ3n) is 2.69. The highest BCUT2D eigenvalue weighted by Gasteiger charge is 2.09. The van der Waals surface area contributed by atoms with E-state index in [-0.39, 0.29) is 0 Å². The monoisotopic (exact) mass is 321 g/mol. The van der Waals surface area contributed by atoms with Crippen LogP contribution in [0.3, 0.4) is 0 Å². The average Bonchev–Trinajstić information content (AvgIpc) is 2.71. The van der Waals surface area contributed by atoms with E-state index >= 15 is 0 Å². The Hall–Kier alpha value is -1.52. The fourth-order valence-electron chi connectivity index (χ4n) is 1.84. The first-order chi connectivity index (χ1) is 8.63. The number of halogens is 2. The van der Waals surface area contributed by atoms with Crippen molar-refractivity contribution >= 4 is 44.3 Å². The zero-order chi connectivity index (χ0) is 12.7. The fraction of sp³-hybridized carbons (Fsp3) is 0. The maximum absolute atomic E-state index is 5.93. The molecule has 5 heteroatoms. The van der Waals surface area contributed by atoms with E-state index in [2.05, 4.69) is 25.9 Å². The van der Waals surface area contributed by atoms with Crippen molar-refractivity contribution in [2.45, 2.75) is 0 Å². The largest absolute Gasteiger partial charge is 0.399 e. The van der Waals surface area contributed by atoms with Gasteiger partial charge in [0.05, 0.1) is 11.0 Å². The zero-order valence-electron chi connectivity index (χ0n) is 9.24. The molecule has 2 aromatic carbocycles. The van der Waals surface area contributed by atoms with Crippen LogP contribution >= 0.6 is 27.5 Å². The minimum Gasteiger partial charge on any atom is -0.399 e. The minimum absolute atomic E-state index is 0.686. The third kappa shape index (κ3) is 1.98. The van der Waals surface area contributed by atoms with Crippen LogP contribution in [0.15, 0.2) is 40.9 Å². The molecule has 0 amide bonds. The van der Waals surface area contributed by atoms with Crippen LogP contribution in [0.5, 0.6) is 0 Å². The maximum Gasteiger partial charge on any atom is 0.139 e. The van der Waals surface area contributed by atoms with Gasteiger partial charge in [0, 0.05) is 20.7 Å². The molecule has 1 aromatic heterocycles. The van der Waals surface area contributed by atoms with Crippen LogP contribution in [0.2, 0.25) is 5.02 Å². The lowest BCUT2D eigenvalue weighted by atomic mass is 10.2. The molecular formula is C13H9BrClN3. The van der Waals surface area contributed by atoms with Crippen LogP contribution < -0.4 is 5.73 Å². The first-order valence-corrected chi connectivity index (χ1v) is 6.51. The number of nitrogens with one attached hydrogen (secondary N) is 1. The van der Waals surface area contributed by atoms with Crippen molar-refractivity contribution < 1.29 is 0 Å². The van der Waals surface area contributed by atoms with Crippen molar-refractivity contribution in [3.8, 4) is 11.4 Å². The molecule has 0 radical (unpaired) electrons. The topological polar surface area (TPSA) is 54.7 Å². The molecule has 0 aliphatic rings. The fourth-order valence-corrected chi connectivity index (χ4v) is 2.71. The molecular weight excluding hydrogens is 314 g/mol. The van der Waals surface area contributed by atoms with Gasteiger partial charge in [0.15, 0.2) is 0 Å². The molecule has 3 nitrogen and oxygen atoms in total. The Balaban J connectivity index is 2.19. The number of H-pyrrole nitrogens is 1. The van der Waals surface area contributed by atoms with E-state index in [1.807, 2.05) is 36.4 Å². The normalized spacial score (nSPS) is 11.0. The SMILES string of the molecule is Nc1ccc2nc(-c3ccc(Cl)cc3Br)[nH]c2c1. The van der Waals surface area contributed by atoms with Gasteiger partial charge in [-0.2, -0.15) is 0 Å². The zero-order valence-corrected chi connectivity index (χ0v) is 11.6. The molecule has 3 N–H and O–H groups in total. The second kappa shape index (κ2) is 4.30. The predicted octanol–water partition coefficient (Wildman–Crippen LogP) is 4.23. The molecule has 0 atom stereocenters. The first-order valence-electron chi connectivity index (χ1n) is 5.34. The predicted molar refractivity (Wildman–Crippen MR) is 78.7 cm³/mol. The van der Waals surface area contributed by atoms with Gasteiger partial charge >= 0.3 is 0 Å². The number of nitrogen functional groups attached to an aromatic ring is 1. The summed E-state index contributed by atoms with van der Waals surface area (Å²) in [4.78, 5) is 7.78. The van der Waals surface area contributed by atoms with E-state index in [9.17, 15) is 0 Å². The second-order valence-corrected chi connectivity index (χ2v) is 5.28. The van der Waals surface area contributed by atoms with E-state index in [1.54, 1.807) is 0 Å². The molecule has 0 spiro atoms. The number of anilines is 1. The molecule has 90 valence electrons. The number of aromatic amines is 1. The molecule has 18 heavy (non-hydrogen) atoms. The van der Waals surface area contributed by atoms with Crippen LogP contribution in [-0.2, 0) is 0 Å². The van der Waals surface area contributed by atoms with Gasteiger partial charge in [-0.05, 0) is 52.3 Å². The molecule has 1 heterocycles. The van der Waals surface area contributed by atoms with Crippen LogP contribution in [0.25, 0.3) is 22.4 Å². The Morgan fingerprint density at radius 2 is 2.00 bits per heavy atom. The number of aromatic nitrogens is 2. The number of rotatable bonds is 1. The highest BCUT2D eigenvalue weighted by Crippen LogP contribution is 2.30. The van der Waals surface area contributed by atoms with Gasteiger partial charge in [-0.1, -0.05) is 11.6 Å². The number of imidazole rings is 1. The van der Waals surface area contributed by atoms with Gasteiger partial charge in [-0.3, -0.25) is 0 Å². The first kappa shape index (κ1) is 11.6. The summed E-state index contributed by atoms with van der Waals surface area (Å²) in [6.45, 7) is 0. The summed E-state index contributed by atoms with van der Waals surface area (Å²) in [5, 5.41) is 0.686. The number of hydrogen-bond donors (Lipinski definition) is 2. The Kier molecular flexibility index (Phi) is 2.76. The smallest absolute Gasteiger partial charge is 0.139 e. The molecule has 0 saturated heterocycles. The summed E-state index contributed by atoms with van der Waals surface area (Å²) in [5.41, 5.74) is 9.24. The van der Waals surface area contributed by atoms with Gasteiger partial charge in [0.25, 0.3) is 0 Å². The van der Waals surface area contributed by atoms with Crippen LogP contribution in [0.4, 0.5) is 5.69 Å². The highest BCUT2D eigenvalue weighted by molar-refractivity contribution is 9.10. The summed E-state index contributed by atoms with van der Waals surface area (Å²) >= 11 is 9.41. The van der Waals surface area contributed by atoms with Crippen LogP contribution in [-0.4, -0.2) is 9.97 Å². The van der Waals surface area contributed by atoms with E-state index in [1.165, 1.54) is 0 Å². The summed E-state index contributed by atoms with van der Waals surface area (Å²) in [6, 6.07) is 11.2. The van der Waals surface area contributed by atoms with Crippen molar-refractivity contribution in [2.75, 3.05) is 5.73 Å². The van der Waals surface area contributed by atoms with Gasteiger partial charge in [-0.15, -0.1) is 0 Å². The van der Waals surface area contributed by atoms with Crippen molar-refractivity contribution in [1.82, 2.24) is 9.97 Å². The third-order valence-corrected chi connectivity index (χ3v) is 3.58. The molecule has 3 aromatic rings. The Morgan fingerprint density at radius 1 is 1.17 bits per heavy atom. The van der Waals surface area contributed by atoms with Crippen molar-refractivity contribution in [3.05, 3.63) is 45.9 Å². The minimum atomic E-state index is 0.686. The second-order valence-electron chi connectivity index (χ2n) is 3.99. The standard InChI is InChI=1S/C13H9BrClN3/c14-10-5-7(15)1-3-9(10)13-17-11-4-2-8(16)6-12(11)18-13/h1-6H,16H2,(H,17,18). The Morgan fingerprint density at radius 3 is 2.78 bits per heavy atom. The summed E-state index contributed by atoms with van der Waals surface area (Å²) in [5.74, 6) is 0.791. The van der Waals surface area contributed by atoms with Gasteiger partial charge in [0.2, 0.25) is 0 Å². The number of fused-ring (bicyclic) bond motifs is 1. The molecule has 0 fully saturated rings. The average molecular weight is 323 g/mol. The molecule has 0 aliphatic carbocycles. The lowest BCUT2D eigenvalue weighted by molar-refractivity contribution is 1.33. The number of nitrogens with zero attached hydrogens (tertiary/aromatic N) is 1. The maximum atomic E-state index is 5.93. The number of hydrogen-bond acceptors (Lipinski definition) is 2. The van der Waals surface area contributed by atoms with Gasteiger partial charge in [-0.25, -0.2) is 4.98 Å². The summed E-state index contributed by atoms with van der Waals surface area (Å²) in [7, 11) is 0. The van der Waals surface area contributed by atoms with Crippen molar-refractivity contribution in [1.29, 1.82) is 0 Å². The van der Waals surface area contributed by atoms with Gasteiger partial charge in [0.1, 0.15) is 5.82 Å². The lowest BCUT2D eigenvalue weighted by Gasteiger charge is -2.00. The lowest BCUT2D eigenvalue weighted by Crippen LogP contribution is -1.82. The quantitative estimate of drug-likeness (QED) is 0.659. The van der Waals surface area contributed by atoms with E-state index < -0.39 is 0 Å². The number of benzene rings is 2. The van der Waals surface area contributed by atoms with E-state index in [0.717, 1.165) is 26.9 Å². The Bertz CT molecular complexity index is 736. The van der Waals surface area contributed by atoms with Crippen LogP contribution in [0.1, 0.15) is 0 Å².